The lowest BCUT2D eigenvalue weighted by molar-refractivity contribution is 0.204. The van der Waals surface area contributed by atoms with Gasteiger partial charge in [-0.3, -0.25) is 4.98 Å². The second kappa shape index (κ2) is 8.38. The van der Waals surface area contributed by atoms with Crippen LogP contribution in [0.3, 0.4) is 0 Å². The second-order valence-corrected chi connectivity index (χ2v) is 7.03. The highest BCUT2D eigenvalue weighted by molar-refractivity contribution is 5.09. The molecular weight excluding hydrogens is 246 g/mol. The monoisotopic (exact) mass is 277 g/mol. The fourth-order valence-electron chi connectivity index (χ4n) is 2.43. The summed E-state index contributed by atoms with van der Waals surface area (Å²) < 4.78 is 0. The highest BCUT2D eigenvalue weighted by Crippen LogP contribution is 2.15. The summed E-state index contributed by atoms with van der Waals surface area (Å²) in [6, 6.07) is 4.20. The van der Waals surface area contributed by atoms with Gasteiger partial charge in [0.25, 0.3) is 0 Å². The lowest BCUT2D eigenvalue weighted by atomic mass is 9.92. The van der Waals surface area contributed by atoms with Gasteiger partial charge in [0, 0.05) is 32.0 Å². The van der Waals surface area contributed by atoms with Gasteiger partial charge in [-0.15, -0.1) is 0 Å². The maximum atomic E-state index is 4.06. The largest absolute Gasteiger partial charge is 0.316 e. The molecule has 0 saturated heterocycles. The molecular formula is C17H31N3. The van der Waals surface area contributed by atoms with Crippen LogP contribution in [0.4, 0.5) is 0 Å². The Morgan fingerprint density at radius 2 is 1.90 bits per heavy atom. The molecule has 0 aliphatic heterocycles. The van der Waals surface area contributed by atoms with Gasteiger partial charge >= 0.3 is 0 Å². The predicted molar refractivity (Wildman–Crippen MR) is 86.9 cm³/mol. The van der Waals surface area contributed by atoms with Crippen LogP contribution in [0.2, 0.25) is 0 Å². The van der Waals surface area contributed by atoms with Crippen LogP contribution >= 0.6 is 0 Å². The van der Waals surface area contributed by atoms with Crippen LogP contribution in [0.25, 0.3) is 0 Å². The summed E-state index contributed by atoms with van der Waals surface area (Å²) in [6.07, 6.45) is 4.83. The maximum absolute atomic E-state index is 4.06. The molecule has 0 bridgehead atoms. The summed E-state index contributed by atoms with van der Waals surface area (Å²) in [7, 11) is 2.21. The van der Waals surface area contributed by atoms with Crippen LogP contribution in [-0.4, -0.2) is 43.1 Å². The van der Waals surface area contributed by atoms with Crippen molar-refractivity contribution in [3.8, 4) is 0 Å². The zero-order valence-electron chi connectivity index (χ0n) is 13.8. The van der Waals surface area contributed by atoms with E-state index in [4.69, 9.17) is 0 Å². The third-order valence-electron chi connectivity index (χ3n) is 3.39. The molecule has 0 atom stereocenters. The quantitative estimate of drug-likeness (QED) is 0.752. The fourth-order valence-corrected chi connectivity index (χ4v) is 2.43. The molecule has 0 amide bonds. The van der Waals surface area contributed by atoms with Crippen molar-refractivity contribution in [3.63, 3.8) is 0 Å². The Kier molecular flexibility index (Phi) is 7.17. The molecule has 0 saturated carbocycles. The molecule has 1 rings (SSSR count). The Morgan fingerprint density at radius 1 is 1.25 bits per heavy atom. The molecule has 1 aromatic heterocycles. The first-order chi connectivity index (χ1) is 9.39. The Hall–Kier alpha value is -0.930. The summed E-state index contributed by atoms with van der Waals surface area (Å²) in [6.45, 7) is 13.6. The molecule has 0 unspecified atom stereocenters. The van der Waals surface area contributed by atoms with E-state index in [-0.39, 0.29) is 0 Å². The van der Waals surface area contributed by atoms with Crippen LogP contribution < -0.4 is 5.32 Å². The van der Waals surface area contributed by atoms with Crippen molar-refractivity contribution in [2.24, 2.45) is 11.3 Å². The topological polar surface area (TPSA) is 28.2 Å². The first kappa shape index (κ1) is 17.1. The van der Waals surface area contributed by atoms with Crippen molar-refractivity contribution in [1.82, 2.24) is 15.2 Å². The molecule has 0 aromatic carbocycles. The smallest absolute Gasteiger partial charge is 0.0270 e. The lowest BCUT2D eigenvalue weighted by Crippen LogP contribution is -2.40. The third kappa shape index (κ3) is 7.61. The number of hydrogen-bond acceptors (Lipinski definition) is 3. The minimum absolute atomic E-state index is 0.307. The predicted octanol–water partition coefficient (Wildman–Crippen LogP) is 2.83. The number of rotatable bonds is 9. The molecule has 0 aliphatic carbocycles. The van der Waals surface area contributed by atoms with Gasteiger partial charge in [-0.05, 0) is 49.0 Å². The molecule has 114 valence electrons. The Bertz CT molecular complexity index is 360. The van der Waals surface area contributed by atoms with E-state index in [1.807, 2.05) is 12.4 Å². The van der Waals surface area contributed by atoms with E-state index in [0.717, 1.165) is 38.5 Å². The fraction of sp³-hybridized carbons (Fsp3) is 0.706. The minimum atomic E-state index is 0.307. The first-order valence-electron chi connectivity index (χ1n) is 7.67. The minimum Gasteiger partial charge on any atom is -0.316 e. The number of hydrogen-bond donors (Lipinski definition) is 1. The third-order valence-corrected chi connectivity index (χ3v) is 3.39. The number of nitrogens with one attached hydrogen (secondary N) is 1. The zero-order chi connectivity index (χ0) is 15.0. The van der Waals surface area contributed by atoms with Gasteiger partial charge in [0.15, 0.2) is 0 Å². The summed E-state index contributed by atoms with van der Waals surface area (Å²) in [5, 5.41) is 3.57. The van der Waals surface area contributed by atoms with Gasteiger partial charge < -0.3 is 10.2 Å². The highest BCUT2D eigenvalue weighted by Gasteiger charge is 2.19. The molecule has 0 spiro atoms. The average molecular weight is 277 g/mol. The van der Waals surface area contributed by atoms with Crippen LogP contribution in [0.15, 0.2) is 24.5 Å². The molecule has 1 aromatic rings. The molecule has 0 fully saturated rings. The number of pyridine rings is 1. The van der Waals surface area contributed by atoms with Crippen molar-refractivity contribution < 1.29 is 0 Å². The first-order valence-corrected chi connectivity index (χ1v) is 7.67. The van der Waals surface area contributed by atoms with E-state index in [1.165, 1.54) is 5.56 Å². The standard InChI is InChI=1S/C17H31N3/c1-15(2)12-19-13-17(3,4)14-20(5)11-8-16-6-9-18-10-7-16/h6-7,9-10,15,19H,8,11-14H2,1-5H3. The summed E-state index contributed by atoms with van der Waals surface area (Å²) in [4.78, 5) is 6.49. The van der Waals surface area contributed by atoms with Gasteiger partial charge in [0.1, 0.15) is 0 Å². The van der Waals surface area contributed by atoms with E-state index in [9.17, 15) is 0 Å². The summed E-state index contributed by atoms with van der Waals surface area (Å²) >= 11 is 0. The van der Waals surface area contributed by atoms with Crippen molar-refractivity contribution >= 4 is 0 Å². The van der Waals surface area contributed by atoms with Crippen molar-refractivity contribution in [1.29, 1.82) is 0 Å². The molecule has 3 nitrogen and oxygen atoms in total. The molecule has 1 heterocycles. The Balaban J connectivity index is 2.27. The SMILES string of the molecule is CC(C)CNCC(C)(C)CN(C)CCc1ccncc1. The molecule has 3 heteroatoms. The number of likely N-dealkylation sites (N-methyl/N-ethyl adjacent to an activating group) is 1. The van der Waals surface area contributed by atoms with Crippen molar-refractivity contribution in [2.75, 3.05) is 33.2 Å². The van der Waals surface area contributed by atoms with Crippen LogP contribution in [0.5, 0.6) is 0 Å². The summed E-state index contributed by atoms with van der Waals surface area (Å²) in [5.74, 6) is 0.718. The Labute approximate surface area is 124 Å². The number of nitrogens with zero attached hydrogens (tertiary/aromatic N) is 2. The van der Waals surface area contributed by atoms with E-state index < -0.39 is 0 Å². The van der Waals surface area contributed by atoms with Gasteiger partial charge in [-0.25, -0.2) is 0 Å². The van der Waals surface area contributed by atoms with Crippen LogP contribution in [-0.2, 0) is 6.42 Å². The van der Waals surface area contributed by atoms with E-state index in [0.29, 0.717) is 5.41 Å². The maximum Gasteiger partial charge on any atom is 0.0270 e. The van der Waals surface area contributed by atoms with Crippen molar-refractivity contribution in [3.05, 3.63) is 30.1 Å². The average Bonchev–Trinajstić information content (AvgIpc) is 2.36. The number of aromatic nitrogens is 1. The summed E-state index contributed by atoms with van der Waals surface area (Å²) in [5.41, 5.74) is 1.67. The van der Waals surface area contributed by atoms with Crippen LogP contribution in [0, 0.1) is 11.3 Å². The van der Waals surface area contributed by atoms with Gasteiger partial charge in [-0.2, -0.15) is 0 Å². The van der Waals surface area contributed by atoms with Gasteiger partial charge in [0.05, 0.1) is 0 Å². The zero-order valence-corrected chi connectivity index (χ0v) is 13.8. The molecule has 0 radical (unpaired) electrons. The molecule has 1 N–H and O–H groups in total. The lowest BCUT2D eigenvalue weighted by Gasteiger charge is -2.31. The van der Waals surface area contributed by atoms with Gasteiger partial charge in [-0.1, -0.05) is 27.7 Å². The normalized spacial score (nSPS) is 12.3. The second-order valence-electron chi connectivity index (χ2n) is 7.03. The van der Waals surface area contributed by atoms with Crippen LogP contribution in [0.1, 0.15) is 33.3 Å². The highest BCUT2D eigenvalue weighted by atomic mass is 15.1. The Morgan fingerprint density at radius 3 is 2.50 bits per heavy atom. The molecule has 0 aliphatic rings. The van der Waals surface area contributed by atoms with E-state index in [1.54, 1.807) is 0 Å². The molecule has 20 heavy (non-hydrogen) atoms. The van der Waals surface area contributed by atoms with E-state index in [2.05, 4.69) is 62.1 Å². The van der Waals surface area contributed by atoms with E-state index >= 15 is 0 Å². The van der Waals surface area contributed by atoms with Gasteiger partial charge in [0.2, 0.25) is 0 Å². The van der Waals surface area contributed by atoms with Crippen molar-refractivity contribution in [2.45, 2.75) is 34.1 Å².